The Morgan fingerprint density at radius 3 is 2.09 bits per heavy atom. The normalized spacial score (nSPS) is 11.0. The first-order chi connectivity index (χ1) is 22.6. The van der Waals surface area contributed by atoms with Gasteiger partial charge < -0.3 is 19.5 Å². The summed E-state index contributed by atoms with van der Waals surface area (Å²) in [5, 5.41) is 2.94. The molecule has 0 aliphatic carbocycles. The number of Topliss-reactive ketones (excluding diaryl/α,β-unsaturated/α-hetero) is 1. The SMILES string of the molecule is CC(C)(C)OC(=O)CCCCCNC(=O)CCCCCCC(=O)COc1ccc(-c2cccc(C(=O)OCc3ccccc3)c2)cc1. The molecule has 8 nitrogen and oxygen atoms in total. The van der Waals surface area contributed by atoms with Gasteiger partial charge in [0, 0.05) is 25.8 Å². The summed E-state index contributed by atoms with van der Waals surface area (Å²) in [7, 11) is 0. The third-order valence-electron chi connectivity index (χ3n) is 7.31. The van der Waals surface area contributed by atoms with Crippen molar-refractivity contribution >= 4 is 23.6 Å². The number of benzene rings is 3. The summed E-state index contributed by atoms with van der Waals surface area (Å²) >= 11 is 0. The third-order valence-corrected chi connectivity index (χ3v) is 7.31. The molecule has 3 rings (SSSR count). The minimum atomic E-state index is -0.454. The highest BCUT2D eigenvalue weighted by molar-refractivity contribution is 5.91. The van der Waals surface area contributed by atoms with Gasteiger partial charge in [0.05, 0.1) is 5.56 Å². The summed E-state index contributed by atoms with van der Waals surface area (Å²) in [4.78, 5) is 48.6. The average molecular weight is 644 g/mol. The van der Waals surface area contributed by atoms with Gasteiger partial charge in [-0.05, 0) is 87.4 Å². The predicted molar refractivity (Wildman–Crippen MR) is 183 cm³/mol. The van der Waals surface area contributed by atoms with Gasteiger partial charge >= 0.3 is 11.9 Å². The molecule has 3 aromatic rings. The molecule has 0 unspecified atom stereocenters. The molecule has 0 radical (unpaired) electrons. The van der Waals surface area contributed by atoms with E-state index in [2.05, 4.69) is 5.32 Å². The maximum atomic E-state index is 12.6. The molecule has 47 heavy (non-hydrogen) atoms. The number of carbonyl (C=O) groups is 4. The summed E-state index contributed by atoms with van der Waals surface area (Å²) in [6.45, 7) is 6.42. The van der Waals surface area contributed by atoms with Crippen LogP contribution in [0, 0.1) is 0 Å². The zero-order chi connectivity index (χ0) is 33.9. The molecule has 0 atom stereocenters. The van der Waals surface area contributed by atoms with Gasteiger partial charge in [0.1, 0.15) is 24.6 Å². The van der Waals surface area contributed by atoms with E-state index in [1.807, 2.05) is 87.5 Å². The molecule has 0 saturated heterocycles. The monoisotopic (exact) mass is 643 g/mol. The van der Waals surface area contributed by atoms with Crippen LogP contribution in [0.4, 0.5) is 0 Å². The van der Waals surface area contributed by atoms with Crippen LogP contribution < -0.4 is 10.1 Å². The fourth-order valence-corrected chi connectivity index (χ4v) is 4.85. The Morgan fingerprint density at radius 2 is 1.36 bits per heavy atom. The lowest BCUT2D eigenvalue weighted by molar-refractivity contribution is -0.155. The summed E-state index contributed by atoms with van der Waals surface area (Å²) in [6.07, 6.45) is 7.13. The summed E-state index contributed by atoms with van der Waals surface area (Å²) in [5.74, 6) is 0.134. The average Bonchev–Trinajstić information content (AvgIpc) is 3.05. The van der Waals surface area contributed by atoms with Gasteiger partial charge in [-0.3, -0.25) is 14.4 Å². The van der Waals surface area contributed by atoms with E-state index in [-0.39, 0.29) is 36.8 Å². The zero-order valence-electron chi connectivity index (χ0n) is 28.1. The molecule has 0 aliphatic rings. The van der Waals surface area contributed by atoms with Crippen LogP contribution in [0.15, 0.2) is 78.9 Å². The summed E-state index contributed by atoms with van der Waals surface area (Å²) in [5.41, 5.74) is 2.76. The van der Waals surface area contributed by atoms with Crippen molar-refractivity contribution in [1.29, 1.82) is 0 Å². The molecule has 0 saturated carbocycles. The van der Waals surface area contributed by atoms with Crippen molar-refractivity contribution in [2.45, 2.75) is 97.2 Å². The van der Waals surface area contributed by atoms with Gasteiger partial charge in [-0.25, -0.2) is 4.79 Å². The Kier molecular flexibility index (Phi) is 15.7. The zero-order valence-corrected chi connectivity index (χ0v) is 28.1. The number of ether oxygens (including phenoxy) is 3. The van der Waals surface area contributed by atoms with Gasteiger partial charge in [-0.15, -0.1) is 0 Å². The number of hydrogen-bond donors (Lipinski definition) is 1. The summed E-state index contributed by atoms with van der Waals surface area (Å²) < 4.78 is 16.4. The smallest absolute Gasteiger partial charge is 0.338 e. The van der Waals surface area contributed by atoms with Crippen LogP contribution in [0.5, 0.6) is 5.75 Å². The number of hydrogen-bond acceptors (Lipinski definition) is 7. The Bertz CT molecular complexity index is 1410. The minimum Gasteiger partial charge on any atom is -0.486 e. The van der Waals surface area contributed by atoms with Crippen LogP contribution >= 0.6 is 0 Å². The number of carbonyl (C=O) groups excluding carboxylic acids is 4. The highest BCUT2D eigenvalue weighted by atomic mass is 16.6. The number of amides is 1. The minimum absolute atomic E-state index is 0.0161. The lowest BCUT2D eigenvalue weighted by Crippen LogP contribution is -2.24. The maximum Gasteiger partial charge on any atom is 0.338 e. The quantitative estimate of drug-likeness (QED) is 0.0981. The molecule has 0 fully saturated rings. The van der Waals surface area contributed by atoms with Gasteiger partial charge in [0.25, 0.3) is 0 Å². The van der Waals surface area contributed by atoms with Crippen molar-refractivity contribution < 1.29 is 33.4 Å². The molecular weight excluding hydrogens is 594 g/mol. The van der Waals surface area contributed by atoms with Crippen molar-refractivity contribution in [2.75, 3.05) is 13.2 Å². The van der Waals surface area contributed by atoms with E-state index in [1.165, 1.54) is 0 Å². The van der Waals surface area contributed by atoms with Crippen LogP contribution in [0.2, 0.25) is 0 Å². The van der Waals surface area contributed by atoms with Gasteiger partial charge in [-0.1, -0.05) is 73.9 Å². The first-order valence-electron chi connectivity index (χ1n) is 16.6. The highest BCUT2D eigenvalue weighted by Gasteiger charge is 2.15. The molecular formula is C39H49NO7. The molecule has 1 N–H and O–H groups in total. The molecule has 1 amide bonds. The highest BCUT2D eigenvalue weighted by Crippen LogP contribution is 2.24. The van der Waals surface area contributed by atoms with Crippen molar-refractivity contribution in [1.82, 2.24) is 5.32 Å². The lowest BCUT2D eigenvalue weighted by atomic mass is 10.0. The van der Waals surface area contributed by atoms with Crippen molar-refractivity contribution in [3.8, 4) is 16.9 Å². The van der Waals surface area contributed by atoms with E-state index in [4.69, 9.17) is 14.2 Å². The van der Waals surface area contributed by atoms with E-state index in [0.29, 0.717) is 37.1 Å². The number of esters is 2. The fourth-order valence-electron chi connectivity index (χ4n) is 4.85. The Hall–Kier alpha value is -4.46. The number of ketones is 1. The second-order valence-corrected chi connectivity index (χ2v) is 12.7. The van der Waals surface area contributed by atoms with Crippen LogP contribution in [0.1, 0.15) is 101 Å². The van der Waals surface area contributed by atoms with Crippen molar-refractivity contribution in [3.05, 3.63) is 90.0 Å². The summed E-state index contributed by atoms with van der Waals surface area (Å²) in [6, 6.07) is 24.3. The van der Waals surface area contributed by atoms with Gasteiger partial charge in [0.15, 0.2) is 5.78 Å². The van der Waals surface area contributed by atoms with Crippen LogP contribution in [0.25, 0.3) is 11.1 Å². The second-order valence-electron chi connectivity index (χ2n) is 12.7. The predicted octanol–water partition coefficient (Wildman–Crippen LogP) is 8.02. The standard InChI is InChI=1S/C39H49NO7/c1-39(2,3)47-37(43)21-12-7-13-26-40-36(42)20-11-5-4-10-19-34(41)29-45-35-24-22-31(23-25-35)32-17-14-18-33(27-32)38(44)46-28-30-15-8-6-9-16-30/h6,8-9,14-18,22-25,27H,4-5,7,10-13,19-21,26,28-29H2,1-3H3,(H,40,42). The van der Waals surface area contributed by atoms with Gasteiger partial charge in [-0.2, -0.15) is 0 Å². The Labute approximate surface area is 279 Å². The second kappa shape index (κ2) is 19.9. The van der Waals surface area contributed by atoms with Gasteiger partial charge in [0.2, 0.25) is 5.91 Å². The molecule has 8 heteroatoms. The molecule has 0 aromatic heterocycles. The Balaban J connectivity index is 1.23. The van der Waals surface area contributed by atoms with Crippen molar-refractivity contribution in [3.63, 3.8) is 0 Å². The van der Waals surface area contributed by atoms with Crippen LogP contribution in [-0.2, 0) is 30.5 Å². The molecule has 0 bridgehead atoms. The maximum absolute atomic E-state index is 12.6. The molecule has 252 valence electrons. The number of unbranched alkanes of at least 4 members (excludes halogenated alkanes) is 5. The largest absolute Gasteiger partial charge is 0.486 e. The topological polar surface area (TPSA) is 108 Å². The van der Waals surface area contributed by atoms with E-state index in [0.717, 1.165) is 61.6 Å². The van der Waals surface area contributed by atoms with E-state index >= 15 is 0 Å². The number of rotatable bonds is 20. The van der Waals surface area contributed by atoms with E-state index < -0.39 is 5.60 Å². The van der Waals surface area contributed by atoms with E-state index in [9.17, 15) is 19.2 Å². The first-order valence-corrected chi connectivity index (χ1v) is 16.6. The van der Waals surface area contributed by atoms with Crippen LogP contribution in [0.3, 0.4) is 0 Å². The Morgan fingerprint density at radius 1 is 0.681 bits per heavy atom. The van der Waals surface area contributed by atoms with Crippen LogP contribution in [-0.4, -0.2) is 42.4 Å². The fraction of sp³-hybridized carbons (Fsp3) is 0.436. The lowest BCUT2D eigenvalue weighted by Gasteiger charge is -2.19. The molecule has 0 aliphatic heterocycles. The number of nitrogens with one attached hydrogen (secondary N) is 1. The third kappa shape index (κ3) is 15.6. The molecule has 0 heterocycles. The first kappa shape index (κ1) is 37.0. The van der Waals surface area contributed by atoms with Crippen molar-refractivity contribution in [2.24, 2.45) is 0 Å². The van der Waals surface area contributed by atoms with E-state index in [1.54, 1.807) is 12.1 Å². The molecule has 0 spiro atoms. The molecule has 3 aromatic carbocycles.